The van der Waals surface area contributed by atoms with Gasteiger partial charge in [-0.1, -0.05) is 24.3 Å². The van der Waals surface area contributed by atoms with Crippen LogP contribution in [0.5, 0.6) is 0 Å². The van der Waals surface area contributed by atoms with Crippen LogP contribution < -0.4 is 5.32 Å². The second kappa shape index (κ2) is 7.52. The van der Waals surface area contributed by atoms with Gasteiger partial charge in [0.25, 0.3) is 0 Å². The Hall–Kier alpha value is -2.86. The summed E-state index contributed by atoms with van der Waals surface area (Å²) in [4.78, 5) is 4.94. The number of hydrogen-bond donors (Lipinski definition) is 1. The normalized spacial score (nSPS) is 20.2. The summed E-state index contributed by atoms with van der Waals surface area (Å²) >= 11 is 0. The van der Waals surface area contributed by atoms with E-state index in [0.29, 0.717) is 12.8 Å². The van der Waals surface area contributed by atoms with Crippen LogP contribution in [0.15, 0.2) is 48.7 Å². The average molecular weight is 389 g/mol. The molecule has 1 aromatic carbocycles. The fourth-order valence-electron chi connectivity index (χ4n) is 4.25. The molecule has 29 heavy (non-hydrogen) atoms. The zero-order chi connectivity index (χ0) is 19.8. The molecule has 0 amide bonds. The first-order valence-electron chi connectivity index (χ1n) is 10.2. The third kappa shape index (κ3) is 3.49. The smallest absolute Gasteiger partial charge is 0.187 e. The first-order valence-corrected chi connectivity index (χ1v) is 10.2. The molecule has 1 fully saturated rings. The first-order chi connectivity index (χ1) is 14.2. The van der Waals surface area contributed by atoms with Crippen molar-refractivity contribution in [2.75, 3.05) is 13.1 Å². The summed E-state index contributed by atoms with van der Waals surface area (Å²) in [5.74, 6) is 0.747. The molecule has 6 heteroatoms. The number of nitrogens with zero attached hydrogens (tertiary/aromatic N) is 4. The van der Waals surface area contributed by atoms with Crippen LogP contribution in [0, 0.1) is 12.8 Å². The molecule has 0 aliphatic carbocycles. The maximum atomic E-state index is 14.6. The van der Waals surface area contributed by atoms with E-state index in [1.807, 2.05) is 41.8 Å². The van der Waals surface area contributed by atoms with E-state index in [1.54, 1.807) is 0 Å². The molecule has 4 heterocycles. The van der Waals surface area contributed by atoms with Gasteiger partial charge in [0, 0.05) is 11.6 Å². The number of alkyl halides is 1. The van der Waals surface area contributed by atoms with Gasteiger partial charge in [0.15, 0.2) is 11.5 Å². The number of halogens is 1. The third-order valence-electron chi connectivity index (χ3n) is 5.88. The highest BCUT2D eigenvalue weighted by molar-refractivity contribution is 5.84. The van der Waals surface area contributed by atoms with Crippen molar-refractivity contribution in [3.05, 3.63) is 59.8 Å². The Bertz CT molecular complexity index is 1170. The van der Waals surface area contributed by atoms with Gasteiger partial charge in [-0.25, -0.2) is 9.37 Å². The Morgan fingerprint density at radius 1 is 1.10 bits per heavy atom. The lowest BCUT2D eigenvalue weighted by atomic mass is 9.90. The quantitative estimate of drug-likeness (QED) is 0.572. The molecule has 2 atom stereocenters. The Labute approximate surface area is 169 Å². The predicted octanol–water partition coefficient (Wildman–Crippen LogP) is 4.13. The van der Waals surface area contributed by atoms with E-state index in [-0.39, 0.29) is 5.92 Å². The van der Waals surface area contributed by atoms with E-state index < -0.39 is 6.17 Å². The number of benzene rings is 1. The van der Waals surface area contributed by atoms with Gasteiger partial charge in [0.05, 0.1) is 5.52 Å². The number of nitrogens with one attached hydrogen (secondary N) is 1. The molecule has 4 aromatic rings. The molecule has 0 bridgehead atoms. The zero-order valence-electron chi connectivity index (χ0n) is 16.5. The van der Waals surface area contributed by atoms with Crippen molar-refractivity contribution >= 4 is 16.6 Å². The van der Waals surface area contributed by atoms with Crippen LogP contribution in [0.4, 0.5) is 4.39 Å². The monoisotopic (exact) mass is 389 g/mol. The fourth-order valence-corrected chi connectivity index (χ4v) is 4.25. The lowest BCUT2D eigenvalue weighted by Crippen LogP contribution is -2.18. The Morgan fingerprint density at radius 2 is 2.00 bits per heavy atom. The van der Waals surface area contributed by atoms with Crippen LogP contribution in [0.25, 0.3) is 28.1 Å². The van der Waals surface area contributed by atoms with Gasteiger partial charge in [0.1, 0.15) is 11.9 Å². The van der Waals surface area contributed by atoms with Crippen LogP contribution in [0.2, 0.25) is 0 Å². The van der Waals surface area contributed by atoms with Crippen LogP contribution in [0.1, 0.15) is 24.0 Å². The number of pyridine rings is 2. The molecule has 1 N–H and O–H groups in total. The van der Waals surface area contributed by atoms with Gasteiger partial charge >= 0.3 is 0 Å². The second-order valence-corrected chi connectivity index (χ2v) is 7.95. The summed E-state index contributed by atoms with van der Waals surface area (Å²) < 4.78 is 16.6. The SMILES string of the molecule is Cc1ccn2c(-c3ccc4cccc(CC5CCNCCC5F)c4n3)nnc2c1. The molecule has 5 rings (SSSR count). The number of rotatable bonds is 3. The minimum atomic E-state index is -0.771. The zero-order valence-corrected chi connectivity index (χ0v) is 16.5. The molecule has 1 aliphatic heterocycles. The molecule has 148 valence electrons. The molecular weight excluding hydrogens is 365 g/mol. The van der Waals surface area contributed by atoms with Gasteiger partial charge in [-0.3, -0.25) is 4.40 Å². The maximum Gasteiger partial charge on any atom is 0.187 e. The number of hydrogen-bond acceptors (Lipinski definition) is 4. The number of aromatic nitrogens is 4. The lowest BCUT2D eigenvalue weighted by Gasteiger charge is -2.19. The minimum absolute atomic E-state index is 0.0259. The van der Waals surface area contributed by atoms with Crippen molar-refractivity contribution < 1.29 is 4.39 Å². The van der Waals surface area contributed by atoms with Crippen molar-refractivity contribution in [3.63, 3.8) is 0 Å². The number of para-hydroxylation sites is 1. The minimum Gasteiger partial charge on any atom is -0.317 e. The predicted molar refractivity (Wildman–Crippen MR) is 113 cm³/mol. The number of aryl methyl sites for hydroxylation is 1. The van der Waals surface area contributed by atoms with Gasteiger partial charge in [-0.2, -0.15) is 0 Å². The molecule has 2 unspecified atom stereocenters. The molecule has 0 spiro atoms. The van der Waals surface area contributed by atoms with Crippen LogP contribution in [0.3, 0.4) is 0 Å². The van der Waals surface area contributed by atoms with E-state index >= 15 is 0 Å². The van der Waals surface area contributed by atoms with E-state index in [0.717, 1.165) is 58.7 Å². The van der Waals surface area contributed by atoms with Crippen LogP contribution >= 0.6 is 0 Å². The molecule has 5 nitrogen and oxygen atoms in total. The Balaban J connectivity index is 1.56. The fraction of sp³-hybridized carbons (Fsp3) is 0.348. The molecular formula is C23H24FN5. The van der Waals surface area contributed by atoms with Crippen molar-refractivity contribution in [3.8, 4) is 11.5 Å². The molecule has 1 aliphatic rings. The van der Waals surface area contributed by atoms with E-state index in [4.69, 9.17) is 4.98 Å². The second-order valence-electron chi connectivity index (χ2n) is 7.95. The standard InChI is InChI=1S/C23H24FN5/c1-15-9-12-29-21(13-15)27-28-23(29)20-6-5-16-3-2-4-18(22(16)26-20)14-17-7-10-25-11-8-19(17)24/h2-6,9,12-13,17,19,25H,7-8,10-11,14H2,1H3. The maximum absolute atomic E-state index is 14.6. The summed E-state index contributed by atoms with van der Waals surface area (Å²) in [5.41, 5.74) is 4.76. The van der Waals surface area contributed by atoms with Crippen molar-refractivity contribution in [1.82, 2.24) is 24.9 Å². The van der Waals surface area contributed by atoms with Crippen molar-refractivity contribution in [2.45, 2.75) is 32.4 Å². The highest BCUT2D eigenvalue weighted by Crippen LogP contribution is 2.28. The average Bonchev–Trinajstić information content (AvgIpc) is 3.04. The molecule has 3 aromatic heterocycles. The number of fused-ring (bicyclic) bond motifs is 2. The van der Waals surface area contributed by atoms with Crippen LogP contribution in [-0.4, -0.2) is 38.8 Å². The highest BCUT2D eigenvalue weighted by Gasteiger charge is 2.24. The van der Waals surface area contributed by atoms with E-state index in [2.05, 4.69) is 33.7 Å². The molecule has 0 radical (unpaired) electrons. The van der Waals surface area contributed by atoms with Gasteiger partial charge < -0.3 is 5.32 Å². The summed E-state index contributed by atoms with van der Waals surface area (Å²) in [7, 11) is 0. The third-order valence-corrected chi connectivity index (χ3v) is 5.88. The largest absolute Gasteiger partial charge is 0.317 e. The van der Waals surface area contributed by atoms with Gasteiger partial charge in [0.2, 0.25) is 0 Å². The Morgan fingerprint density at radius 3 is 2.93 bits per heavy atom. The highest BCUT2D eigenvalue weighted by atomic mass is 19.1. The van der Waals surface area contributed by atoms with Crippen LogP contribution in [-0.2, 0) is 6.42 Å². The summed E-state index contributed by atoms with van der Waals surface area (Å²) in [6.07, 6.45) is 3.34. The molecule has 1 saturated heterocycles. The lowest BCUT2D eigenvalue weighted by molar-refractivity contribution is 0.219. The van der Waals surface area contributed by atoms with Gasteiger partial charge in [-0.05, 0) is 74.5 Å². The first kappa shape index (κ1) is 18.2. The van der Waals surface area contributed by atoms with E-state index in [1.165, 1.54) is 0 Å². The summed E-state index contributed by atoms with van der Waals surface area (Å²) in [6, 6.07) is 14.3. The van der Waals surface area contributed by atoms with Crippen molar-refractivity contribution in [1.29, 1.82) is 0 Å². The summed E-state index contributed by atoms with van der Waals surface area (Å²) in [5, 5.41) is 13.0. The van der Waals surface area contributed by atoms with E-state index in [9.17, 15) is 4.39 Å². The topological polar surface area (TPSA) is 55.1 Å². The molecule has 0 saturated carbocycles. The summed E-state index contributed by atoms with van der Waals surface area (Å²) in [6.45, 7) is 3.67. The van der Waals surface area contributed by atoms with Gasteiger partial charge in [-0.15, -0.1) is 10.2 Å². The van der Waals surface area contributed by atoms with Crippen molar-refractivity contribution in [2.24, 2.45) is 5.92 Å². The Kier molecular flexibility index (Phi) is 4.72.